The predicted octanol–water partition coefficient (Wildman–Crippen LogP) is 1.88. The minimum absolute atomic E-state index is 0.107. The van der Waals surface area contributed by atoms with Gasteiger partial charge in [-0.1, -0.05) is 36.0 Å². The van der Waals surface area contributed by atoms with Crippen LogP contribution >= 0.6 is 23.1 Å². The van der Waals surface area contributed by atoms with Gasteiger partial charge in [-0.25, -0.2) is 0 Å². The van der Waals surface area contributed by atoms with E-state index in [0.29, 0.717) is 10.0 Å². The van der Waals surface area contributed by atoms with Crippen molar-refractivity contribution >= 4 is 34.9 Å². The zero-order valence-corrected chi connectivity index (χ0v) is 14.0. The van der Waals surface area contributed by atoms with Crippen LogP contribution in [0.1, 0.15) is 9.67 Å². The van der Waals surface area contributed by atoms with Gasteiger partial charge < -0.3 is 0 Å². The number of amides is 2. The minimum atomic E-state index is -0.337. The Morgan fingerprint density at radius 1 is 1.12 bits per heavy atom. The van der Waals surface area contributed by atoms with Gasteiger partial charge in [-0.3, -0.25) is 25.0 Å². The molecule has 1 aromatic carbocycles. The van der Waals surface area contributed by atoms with Gasteiger partial charge >= 0.3 is 0 Å². The Morgan fingerprint density at radius 3 is 2.71 bits per heavy atom. The van der Waals surface area contributed by atoms with E-state index in [-0.39, 0.29) is 17.6 Å². The quantitative estimate of drug-likeness (QED) is 0.536. The largest absolute Gasteiger partial charge is 0.279 e. The van der Waals surface area contributed by atoms with E-state index in [4.69, 9.17) is 0 Å². The summed E-state index contributed by atoms with van der Waals surface area (Å²) >= 11 is 2.54. The number of para-hydroxylation sites is 1. The fraction of sp³-hybridized carbons (Fsp3) is 0.0667. The lowest BCUT2D eigenvalue weighted by Crippen LogP contribution is -2.42. The average Bonchev–Trinajstić information content (AvgIpc) is 3.30. The second-order valence-electron chi connectivity index (χ2n) is 4.59. The molecule has 0 spiro atoms. The van der Waals surface area contributed by atoms with Crippen LogP contribution in [-0.2, 0) is 4.79 Å². The maximum absolute atomic E-state index is 11.9. The second-order valence-corrected chi connectivity index (χ2v) is 6.48. The summed E-state index contributed by atoms with van der Waals surface area (Å²) in [5.41, 5.74) is 5.67. The van der Waals surface area contributed by atoms with Gasteiger partial charge in [-0.15, -0.1) is 21.5 Å². The predicted molar refractivity (Wildman–Crippen MR) is 92.0 cm³/mol. The molecular formula is C15H13N5O2S2. The average molecular weight is 359 g/mol. The lowest BCUT2D eigenvalue weighted by atomic mass is 10.3. The molecule has 2 heterocycles. The van der Waals surface area contributed by atoms with Gasteiger partial charge in [0.25, 0.3) is 5.91 Å². The molecule has 3 aromatic rings. The molecule has 2 N–H and O–H groups in total. The van der Waals surface area contributed by atoms with E-state index < -0.39 is 0 Å². The molecule has 7 nitrogen and oxygen atoms in total. The number of nitrogens with zero attached hydrogens (tertiary/aromatic N) is 3. The van der Waals surface area contributed by atoms with Crippen molar-refractivity contribution in [2.45, 2.75) is 5.16 Å². The molecular weight excluding hydrogens is 346 g/mol. The number of hydrogen-bond donors (Lipinski definition) is 2. The molecule has 0 bridgehead atoms. The molecule has 2 aromatic heterocycles. The van der Waals surface area contributed by atoms with Gasteiger partial charge in [0, 0.05) is 5.69 Å². The van der Waals surface area contributed by atoms with Crippen LogP contribution in [-0.4, -0.2) is 32.3 Å². The van der Waals surface area contributed by atoms with Crippen LogP contribution in [0.4, 0.5) is 0 Å². The number of rotatable bonds is 5. The third kappa shape index (κ3) is 4.00. The molecule has 0 aliphatic heterocycles. The molecule has 0 fully saturated rings. The number of thioether (sulfide) groups is 1. The van der Waals surface area contributed by atoms with E-state index in [0.717, 1.165) is 5.69 Å². The van der Waals surface area contributed by atoms with Gasteiger partial charge in [-0.05, 0) is 23.6 Å². The second kappa shape index (κ2) is 7.75. The highest BCUT2D eigenvalue weighted by Gasteiger charge is 2.11. The van der Waals surface area contributed by atoms with E-state index in [1.54, 1.807) is 28.4 Å². The zero-order chi connectivity index (χ0) is 16.8. The van der Waals surface area contributed by atoms with Crippen molar-refractivity contribution < 1.29 is 9.59 Å². The van der Waals surface area contributed by atoms with Crippen molar-refractivity contribution in [1.82, 2.24) is 25.6 Å². The maximum atomic E-state index is 11.9. The molecule has 9 heteroatoms. The lowest BCUT2D eigenvalue weighted by Gasteiger charge is -2.07. The minimum Gasteiger partial charge on any atom is -0.277 e. The topological polar surface area (TPSA) is 88.9 Å². The summed E-state index contributed by atoms with van der Waals surface area (Å²) < 4.78 is 1.79. The summed E-state index contributed by atoms with van der Waals surface area (Å²) in [6.07, 6.45) is 1.59. The zero-order valence-electron chi connectivity index (χ0n) is 12.4. The van der Waals surface area contributed by atoms with Gasteiger partial charge in [-0.2, -0.15) is 0 Å². The molecule has 0 unspecified atom stereocenters. The van der Waals surface area contributed by atoms with Crippen molar-refractivity contribution in [1.29, 1.82) is 0 Å². The standard InChI is InChI=1S/C15H13N5O2S2/c21-13(17-18-14(22)12-7-4-8-23-12)9-24-15-19-16-10-20(15)11-5-2-1-3-6-11/h1-8,10H,9H2,(H,17,21)(H,18,22). The summed E-state index contributed by atoms with van der Waals surface area (Å²) in [5, 5.41) is 10.3. The molecule has 3 rings (SSSR count). The summed E-state index contributed by atoms with van der Waals surface area (Å²) in [6.45, 7) is 0. The number of aromatic nitrogens is 3. The molecule has 2 amide bonds. The number of carbonyl (C=O) groups is 2. The summed E-state index contributed by atoms with van der Waals surface area (Å²) in [5.74, 6) is -0.556. The van der Waals surface area contributed by atoms with Gasteiger partial charge in [0.1, 0.15) is 6.33 Å². The van der Waals surface area contributed by atoms with Crippen LogP contribution in [0.2, 0.25) is 0 Å². The van der Waals surface area contributed by atoms with Crippen molar-refractivity contribution in [3.8, 4) is 5.69 Å². The van der Waals surface area contributed by atoms with Crippen LogP contribution in [0.15, 0.2) is 59.3 Å². The Labute approximate surface area is 146 Å². The Hall–Kier alpha value is -2.65. The first-order valence-corrected chi connectivity index (χ1v) is 8.81. The van der Waals surface area contributed by atoms with E-state index in [2.05, 4.69) is 21.0 Å². The molecule has 24 heavy (non-hydrogen) atoms. The Bertz CT molecular complexity index is 818. The Balaban J connectivity index is 1.52. The van der Waals surface area contributed by atoms with Crippen molar-refractivity contribution in [3.05, 3.63) is 59.0 Å². The monoisotopic (exact) mass is 359 g/mol. The molecule has 0 aliphatic carbocycles. The van der Waals surface area contributed by atoms with Gasteiger partial charge in [0.15, 0.2) is 5.16 Å². The fourth-order valence-corrected chi connectivity index (χ4v) is 3.20. The molecule has 0 saturated carbocycles. The van der Waals surface area contributed by atoms with E-state index in [1.807, 2.05) is 30.3 Å². The smallest absolute Gasteiger partial charge is 0.277 e. The molecule has 0 saturated heterocycles. The first-order chi connectivity index (χ1) is 11.7. The van der Waals surface area contributed by atoms with Crippen LogP contribution in [0.5, 0.6) is 0 Å². The molecule has 0 atom stereocenters. The highest BCUT2D eigenvalue weighted by Crippen LogP contribution is 2.18. The Kier molecular flexibility index (Phi) is 5.24. The van der Waals surface area contributed by atoms with Crippen molar-refractivity contribution in [3.63, 3.8) is 0 Å². The Morgan fingerprint density at radius 2 is 1.96 bits per heavy atom. The number of benzene rings is 1. The highest BCUT2D eigenvalue weighted by molar-refractivity contribution is 7.99. The first-order valence-electron chi connectivity index (χ1n) is 6.95. The van der Waals surface area contributed by atoms with Crippen LogP contribution in [0.3, 0.4) is 0 Å². The summed E-state index contributed by atoms with van der Waals surface area (Å²) in [4.78, 5) is 24.1. The van der Waals surface area contributed by atoms with E-state index >= 15 is 0 Å². The third-order valence-corrected chi connectivity index (χ3v) is 4.76. The van der Waals surface area contributed by atoms with E-state index in [1.165, 1.54) is 23.1 Å². The SMILES string of the molecule is O=C(CSc1nncn1-c1ccccc1)NNC(=O)c1cccs1. The fourth-order valence-electron chi connectivity index (χ4n) is 1.85. The molecule has 0 aliphatic rings. The van der Waals surface area contributed by atoms with E-state index in [9.17, 15) is 9.59 Å². The number of thiophene rings is 1. The highest BCUT2D eigenvalue weighted by atomic mass is 32.2. The van der Waals surface area contributed by atoms with Crippen LogP contribution < -0.4 is 10.9 Å². The van der Waals surface area contributed by atoms with Crippen molar-refractivity contribution in [2.24, 2.45) is 0 Å². The summed E-state index contributed by atoms with van der Waals surface area (Å²) in [7, 11) is 0. The van der Waals surface area contributed by atoms with Crippen molar-refractivity contribution in [2.75, 3.05) is 5.75 Å². The maximum Gasteiger partial charge on any atom is 0.279 e. The number of hydrazine groups is 1. The number of hydrogen-bond acceptors (Lipinski definition) is 6. The molecule has 122 valence electrons. The van der Waals surface area contributed by atoms with Crippen LogP contribution in [0, 0.1) is 0 Å². The van der Waals surface area contributed by atoms with Crippen LogP contribution in [0.25, 0.3) is 5.69 Å². The van der Waals surface area contributed by atoms with Gasteiger partial charge in [0.05, 0.1) is 10.6 Å². The first kappa shape index (κ1) is 16.2. The lowest BCUT2D eigenvalue weighted by molar-refractivity contribution is -0.119. The normalized spacial score (nSPS) is 10.3. The summed E-state index contributed by atoms with van der Waals surface area (Å²) in [6, 6.07) is 13.1. The van der Waals surface area contributed by atoms with Gasteiger partial charge in [0.2, 0.25) is 5.91 Å². The number of carbonyl (C=O) groups excluding carboxylic acids is 2. The third-order valence-electron chi connectivity index (χ3n) is 2.94. The number of nitrogens with one attached hydrogen (secondary N) is 2. The molecule has 0 radical (unpaired) electrons.